The van der Waals surface area contributed by atoms with Gasteiger partial charge in [0.25, 0.3) is 0 Å². The van der Waals surface area contributed by atoms with Gasteiger partial charge in [-0.25, -0.2) is 4.39 Å². The Hall–Kier alpha value is -3.13. The Bertz CT molecular complexity index is 1050. The van der Waals surface area contributed by atoms with Crippen molar-refractivity contribution in [2.45, 2.75) is 57.2 Å². The maximum atomic E-state index is 13.8. The van der Waals surface area contributed by atoms with Gasteiger partial charge in [-0.15, -0.1) is 0 Å². The standard InChI is InChI=1S/C29H37FN2O5/c1-35-25-10-8-22(9-11-25)26(33)5-3-2-4-6-29(34)31-24(20-32-14-13-23(30)19-32)17-21-7-12-27-28(18-21)37-16-15-36-27/h7-12,18,23-24H,2-6,13-17,19-20H2,1H3,(H,31,34)/t23-,24+/m1/s1. The lowest BCUT2D eigenvalue weighted by molar-refractivity contribution is -0.122. The van der Waals surface area contributed by atoms with Crippen LogP contribution in [0.2, 0.25) is 0 Å². The average Bonchev–Trinajstić information content (AvgIpc) is 3.32. The second-order valence-electron chi connectivity index (χ2n) is 9.80. The fourth-order valence-corrected chi connectivity index (χ4v) is 4.89. The topological polar surface area (TPSA) is 77.1 Å². The second-order valence-corrected chi connectivity index (χ2v) is 9.80. The number of halogens is 1. The summed E-state index contributed by atoms with van der Waals surface area (Å²) in [4.78, 5) is 27.2. The molecule has 0 saturated carbocycles. The van der Waals surface area contributed by atoms with Crippen LogP contribution in [0.5, 0.6) is 17.2 Å². The zero-order chi connectivity index (χ0) is 26.0. The predicted molar refractivity (Wildman–Crippen MR) is 139 cm³/mol. The molecule has 1 fully saturated rings. The number of likely N-dealkylation sites (tertiary alicyclic amines) is 1. The molecule has 0 bridgehead atoms. The minimum atomic E-state index is -0.800. The van der Waals surface area contributed by atoms with E-state index in [0.29, 0.717) is 64.1 Å². The molecule has 0 unspecified atom stereocenters. The van der Waals surface area contributed by atoms with Crippen molar-refractivity contribution in [2.75, 3.05) is 40.0 Å². The summed E-state index contributed by atoms with van der Waals surface area (Å²) in [6.45, 7) is 2.79. The van der Waals surface area contributed by atoms with Gasteiger partial charge < -0.3 is 19.5 Å². The maximum Gasteiger partial charge on any atom is 0.220 e. The predicted octanol–water partition coefficient (Wildman–Crippen LogP) is 4.37. The van der Waals surface area contributed by atoms with Crippen molar-refractivity contribution in [3.05, 3.63) is 53.6 Å². The lowest BCUT2D eigenvalue weighted by Gasteiger charge is -2.25. The van der Waals surface area contributed by atoms with Crippen LogP contribution in [0.15, 0.2) is 42.5 Å². The number of Topliss-reactive ketones (excluding diaryl/α,β-unsaturated/α-hetero) is 1. The molecule has 1 saturated heterocycles. The van der Waals surface area contributed by atoms with Crippen LogP contribution in [0, 0.1) is 0 Å². The van der Waals surface area contributed by atoms with Crippen molar-refractivity contribution in [3.8, 4) is 17.2 Å². The third kappa shape index (κ3) is 8.18. The van der Waals surface area contributed by atoms with Crippen LogP contribution in [0.4, 0.5) is 4.39 Å². The van der Waals surface area contributed by atoms with E-state index in [-0.39, 0.29) is 17.7 Å². The number of amides is 1. The molecule has 2 aliphatic heterocycles. The van der Waals surface area contributed by atoms with Gasteiger partial charge in [0, 0.05) is 44.1 Å². The van der Waals surface area contributed by atoms with Crippen LogP contribution < -0.4 is 19.5 Å². The van der Waals surface area contributed by atoms with Gasteiger partial charge in [0.15, 0.2) is 17.3 Å². The van der Waals surface area contributed by atoms with E-state index < -0.39 is 6.17 Å². The highest BCUT2D eigenvalue weighted by Crippen LogP contribution is 2.31. The smallest absolute Gasteiger partial charge is 0.220 e. The minimum absolute atomic E-state index is 0.0139. The number of nitrogens with zero attached hydrogens (tertiary/aromatic N) is 1. The van der Waals surface area contributed by atoms with E-state index in [1.807, 2.05) is 18.2 Å². The van der Waals surface area contributed by atoms with Crippen LogP contribution in [-0.4, -0.2) is 68.8 Å². The molecule has 0 aromatic heterocycles. The van der Waals surface area contributed by atoms with Gasteiger partial charge >= 0.3 is 0 Å². The summed E-state index contributed by atoms with van der Waals surface area (Å²) in [6, 6.07) is 12.9. The lowest BCUT2D eigenvalue weighted by atomic mass is 10.0. The number of hydrogen-bond acceptors (Lipinski definition) is 6. The Morgan fingerprint density at radius 2 is 1.81 bits per heavy atom. The fraction of sp³-hybridized carbons (Fsp3) is 0.517. The number of benzene rings is 2. The molecule has 2 aliphatic rings. The number of nitrogens with one attached hydrogen (secondary N) is 1. The van der Waals surface area contributed by atoms with Crippen LogP contribution in [0.25, 0.3) is 0 Å². The van der Waals surface area contributed by atoms with Gasteiger partial charge in [-0.05, 0) is 67.6 Å². The van der Waals surface area contributed by atoms with Gasteiger partial charge in [-0.1, -0.05) is 12.5 Å². The van der Waals surface area contributed by atoms with E-state index in [4.69, 9.17) is 14.2 Å². The summed E-state index contributed by atoms with van der Waals surface area (Å²) in [5.74, 6) is 2.27. The molecule has 0 radical (unpaired) electrons. The molecule has 37 heavy (non-hydrogen) atoms. The molecule has 8 heteroatoms. The third-order valence-electron chi connectivity index (χ3n) is 6.87. The number of fused-ring (bicyclic) bond motifs is 1. The van der Waals surface area contributed by atoms with E-state index in [9.17, 15) is 14.0 Å². The van der Waals surface area contributed by atoms with Gasteiger partial charge in [0.05, 0.1) is 7.11 Å². The van der Waals surface area contributed by atoms with Crippen molar-refractivity contribution in [1.82, 2.24) is 10.2 Å². The quantitative estimate of drug-likeness (QED) is 0.317. The number of carbonyl (C=O) groups is 2. The van der Waals surface area contributed by atoms with Crippen molar-refractivity contribution in [2.24, 2.45) is 0 Å². The van der Waals surface area contributed by atoms with E-state index >= 15 is 0 Å². The van der Waals surface area contributed by atoms with E-state index in [0.717, 1.165) is 42.1 Å². The SMILES string of the molecule is COc1ccc(C(=O)CCCCCC(=O)N[C@@H](Cc2ccc3c(c2)OCCO3)CN2CC[C@@H](F)C2)cc1. The second kappa shape index (κ2) is 13.4. The van der Waals surface area contributed by atoms with Crippen molar-refractivity contribution < 1.29 is 28.2 Å². The van der Waals surface area contributed by atoms with E-state index in [2.05, 4.69) is 10.2 Å². The minimum Gasteiger partial charge on any atom is -0.497 e. The number of alkyl halides is 1. The molecule has 2 aromatic carbocycles. The monoisotopic (exact) mass is 512 g/mol. The molecule has 4 rings (SSSR count). The maximum absolute atomic E-state index is 13.8. The number of unbranched alkanes of at least 4 members (excludes halogenated alkanes) is 2. The fourth-order valence-electron chi connectivity index (χ4n) is 4.89. The van der Waals surface area contributed by atoms with E-state index in [1.165, 1.54) is 0 Å². The molecular weight excluding hydrogens is 475 g/mol. The first-order valence-electron chi connectivity index (χ1n) is 13.2. The molecule has 1 amide bonds. The van der Waals surface area contributed by atoms with Crippen molar-refractivity contribution in [1.29, 1.82) is 0 Å². The molecule has 200 valence electrons. The first kappa shape index (κ1) is 26.9. The van der Waals surface area contributed by atoms with Crippen LogP contribution in [-0.2, 0) is 11.2 Å². The summed E-state index contributed by atoms with van der Waals surface area (Å²) in [5.41, 5.74) is 1.72. The lowest BCUT2D eigenvalue weighted by Crippen LogP contribution is -2.44. The molecule has 7 nitrogen and oxygen atoms in total. The zero-order valence-corrected chi connectivity index (χ0v) is 21.5. The zero-order valence-electron chi connectivity index (χ0n) is 21.5. The number of ketones is 1. The van der Waals surface area contributed by atoms with Crippen molar-refractivity contribution >= 4 is 11.7 Å². The molecule has 2 atom stereocenters. The summed E-state index contributed by atoms with van der Waals surface area (Å²) >= 11 is 0. The van der Waals surface area contributed by atoms with Gasteiger partial charge in [-0.3, -0.25) is 14.5 Å². The molecular formula is C29H37FN2O5. The highest BCUT2D eigenvalue weighted by molar-refractivity contribution is 5.96. The normalized spacial score (nSPS) is 17.8. The number of methoxy groups -OCH3 is 1. The summed E-state index contributed by atoms with van der Waals surface area (Å²) in [6.07, 6.45) is 3.50. The summed E-state index contributed by atoms with van der Waals surface area (Å²) in [5, 5.41) is 3.17. The van der Waals surface area contributed by atoms with Crippen LogP contribution in [0.1, 0.15) is 54.4 Å². The average molecular weight is 513 g/mol. The Balaban J connectivity index is 1.23. The largest absolute Gasteiger partial charge is 0.497 e. The third-order valence-corrected chi connectivity index (χ3v) is 6.87. The van der Waals surface area contributed by atoms with Gasteiger partial charge in [-0.2, -0.15) is 0 Å². The Labute approximate surface area is 218 Å². The van der Waals surface area contributed by atoms with Crippen LogP contribution in [0.3, 0.4) is 0 Å². The molecule has 0 spiro atoms. The van der Waals surface area contributed by atoms with Gasteiger partial charge in [0.2, 0.25) is 5.91 Å². The number of hydrogen-bond donors (Lipinski definition) is 1. The number of carbonyl (C=O) groups excluding carboxylic acids is 2. The molecule has 2 heterocycles. The highest BCUT2D eigenvalue weighted by Gasteiger charge is 2.25. The summed E-state index contributed by atoms with van der Waals surface area (Å²) in [7, 11) is 1.60. The number of rotatable bonds is 13. The highest BCUT2D eigenvalue weighted by atomic mass is 19.1. The summed E-state index contributed by atoms with van der Waals surface area (Å²) < 4.78 is 30.2. The first-order valence-corrected chi connectivity index (χ1v) is 13.2. The van der Waals surface area contributed by atoms with Crippen molar-refractivity contribution in [3.63, 3.8) is 0 Å². The molecule has 1 N–H and O–H groups in total. The Morgan fingerprint density at radius 1 is 1.05 bits per heavy atom. The Morgan fingerprint density at radius 3 is 2.54 bits per heavy atom. The number of ether oxygens (including phenoxy) is 3. The Kier molecular flexibility index (Phi) is 9.77. The van der Waals surface area contributed by atoms with E-state index in [1.54, 1.807) is 31.4 Å². The van der Waals surface area contributed by atoms with Crippen LogP contribution >= 0.6 is 0 Å². The first-order chi connectivity index (χ1) is 18.0. The molecule has 0 aliphatic carbocycles. The van der Waals surface area contributed by atoms with Gasteiger partial charge in [0.1, 0.15) is 25.1 Å². The molecule has 2 aromatic rings.